The number of nitrogens with one attached hydrogen (secondary N) is 1. The first-order chi connectivity index (χ1) is 11.0. The van der Waals surface area contributed by atoms with Crippen LogP contribution < -0.4 is 10.2 Å². The fourth-order valence-electron chi connectivity index (χ4n) is 1.74. The molecule has 0 atom stereocenters. The number of ether oxygens (including phenoxy) is 1. The first-order valence-electron chi connectivity index (χ1n) is 6.81. The van der Waals surface area contributed by atoms with Crippen molar-refractivity contribution in [3.8, 4) is 0 Å². The van der Waals surface area contributed by atoms with E-state index in [1.807, 2.05) is 19.0 Å². The Morgan fingerprint density at radius 3 is 2.43 bits per heavy atom. The lowest BCUT2D eigenvalue weighted by Crippen LogP contribution is -2.21. The molecule has 1 amide bonds. The van der Waals surface area contributed by atoms with Crippen molar-refractivity contribution in [1.29, 1.82) is 0 Å². The van der Waals surface area contributed by atoms with E-state index in [2.05, 4.69) is 10.3 Å². The molecule has 0 spiro atoms. The summed E-state index contributed by atoms with van der Waals surface area (Å²) in [6.07, 6.45) is 1.41. The number of hydrogen-bond donors (Lipinski definition) is 1. The Morgan fingerprint density at radius 1 is 1.17 bits per heavy atom. The van der Waals surface area contributed by atoms with Gasteiger partial charge in [0.2, 0.25) is 0 Å². The maximum absolute atomic E-state index is 11.9. The van der Waals surface area contributed by atoms with E-state index in [-0.39, 0.29) is 0 Å². The van der Waals surface area contributed by atoms with Gasteiger partial charge in [-0.2, -0.15) is 0 Å². The molecule has 120 valence electrons. The topological polar surface area (TPSA) is 71.5 Å². The number of carbonyl (C=O) groups excluding carboxylic acids is 2. The van der Waals surface area contributed by atoms with E-state index in [1.54, 1.807) is 36.4 Å². The van der Waals surface area contributed by atoms with Gasteiger partial charge in [0.05, 0.1) is 10.6 Å². The molecule has 2 rings (SSSR count). The van der Waals surface area contributed by atoms with Crippen molar-refractivity contribution >= 4 is 35.0 Å². The number of halogens is 1. The SMILES string of the molecule is CN(C)c1ccc(C(=O)OCC(=O)Nc2ccc(Cl)cn2)cc1. The number of carbonyl (C=O) groups is 2. The van der Waals surface area contributed by atoms with Gasteiger partial charge in [-0.1, -0.05) is 11.6 Å². The van der Waals surface area contributed by atoms with Gasteiger partial charge in [-0.05, 0) is 36.4 Å². The highest BCUT2D eigenvalue weighted by Crippen LogP contribution is 2.13. The Hall–Kier alpha value is -2.60. The summed E-state index contributed by atoms with van der Waals surface area (Å²) in [4.78, 5) is 29.4. The summed E-state index contributed by atoms with van der Waals surface area (Å²) >= 11 is 5.70. The summed E-state index contributed by atoms with van der Waals surface area (Å²) in [6, 6.07) is 10.1. The van der Waals surface area contributed by atoms with Gasteiger partial charge in [0.1, 0.15) is 5.82 Å². The minimum absolute atomic E-state index is 0.339. The minimum atomic E-state index is -0.561. The molecule has 0 fully saturated rings. The lowest BCUT2D eigenvalue weighted by atomic mass is 10.2. The molecule has 1 heterocycles. The molecule has 0 saturated heterocycles. The van der Waals surface area contributed by atoms with Gasteiger partial charge in [-0.3, -0.25) is 4.79 Å². The highest BCUT2D eigenvalue weighted by Gasteiger charge is 2.11. The number of pyridine rings is 1. The molecule has 0 aliphatic rings. The number of amides is 1. The van der Waals surface area contributed by atoms with Gasteiger partial charge < -0.3 is 15.0 Å². The Kier molecular flexibility index (Phi) is 5.54. The maximum Gasteiger partial charge on any atom is 0.338 e. The Labute approximate surface area is 139 Å². The number of benzene rings is 1. The zero-order valence-electron chi connectivity index (χ0n) is 12.7. The van der Waals surface area contributed by atoms with Crippen LogP contribution in [0.15, 0.2) is 42.6 Å². The first-order valence-corrected chi connectivity index (χ1v) is 7.19. The smallest absolute Gasteiger partial charge is 0.338 e. The molecule has 1 aromatic carbocycles. The highest BCUT2D eigenvalue weighted by atomic mass is 35.5. The predicted molar refractivity (Wildman–Crippen MR) is 88.9 cm³/mol. The maximum atomic E-state index is 11.9. The van der Waals surface area contributed by atoms with Crippen LogP contribution in [0.3, 0.4) is 0 Å². The van der Waals surface area contributed by atoms with Gasteiger partial charge in [0.15, 0.2) is 6.61 Å². The molecule has 1 aromatic heterocycles. The van der Waals surface area contributed by atoms with Crippen molar-refractivity contribution < 1.29 is 14.3 Å². The highest BCUT2D eigenvalue weighted by molar-refractivity contribution is 6.30. The van der Waals surface area contributed by atoms with Gasteiger partial charge in [-0.15, -0.1) is 0 Å². The molecular formula is C16H16ClN3O3. The average molecular weight is 334 g/mol. The Morgan fingerprint density at radius 2 is 1.87 bits per heavy atom. The lowest BCUT2D eigenvalue weighted by molar-refractivity contribution is -0.119. The number of aromatic nitrogens is 1. The van der Waals surface area contributed by atoms with Crippen LogP contribution >= 0.6 is 11.6 Å². The number of nitrogens with zero attached hydrogens (tertiary/aromatic N) is 2. The first kappa shape index (κ1) is 16.8. The molecular weight excluding hydrogens is 318 g/mol. The van der Waals surface area contributed by atoms with Crippen molar-refractivity contribution in [2.75, 3.05) is 30.9 Å². The Bertz CT molecular complexity index is 685. The molecule has 0 unspecified atom stereocenters. The minimum Gasteiger partial charge on any atom is -0.452 e. The van der Waals surface area contributed by atoms with Crippen LogP contribution in [-0.4, -0.2) is 37.6 Å². The van der Waals surface area contributed by atoms with E-state index in [9.17, 15) is 9.59 Å². The summed E-state index contributed by atoms with van der Waals surface area (Å²) < 4.78 is 4.97. The normalized spacial score (nSPS) is 10.0. The summed E-state index contributed by atoms with van der Waals surface area (Å²) in [5, 5.41) is 2.98. The van der Waals surface area contributed by atoms with Crippen LogP contribution in [0.4, 0.5) is 11.5 Å². The van der Waals surface area contributed by atoms with Gasteiger partial charge >= 0.3 is 5.97 Å². The number of rotatable bonds is 5. The number of hydrogen-bond acceptors (Lipinski definition) is 5. The fraction of sp³-hybridized carbons (Fsp3) is 0.188. The zero-order valence-corrected chi connectivity index (χ0v) is 13.5. The van der Waals surface area contributed by atoms with Gasteiger partial charge in [0, 0.05) is 26.0 Å². The molecule has 1 N–H and O–H groups in total. The predicted octanol–water partition coefficient (Wildman–Crippen LogP) is 2.60. The van der Waals surface area contributed by atoms with Crippen LogP contribution in [0, 0.1) is 0 Å². The zero-order chi connectivity index (χ0) is 16.8. The van der Waals surface area contributed by atoms with Crippen molar-refractivity contribution in [2.45, 2.75) is 0 Å². The monoisotopic (exact) mass is 333 g/mol. The van der Waals surface area contributed by atoms with E-state index < -0.39 is 18.5 Å². The van der Waals surface area contributed by atoms with E-state index in [4.69, 9.17) is 16.3 Å². The van der Waals surface area contributed by atoms with Crippen LogP contribution in [0.5, 0.6) is 0 Å². The van der Waals surface area contributed by atoms with Crippen LogP contribution in [0.1, 0.15) is 10.4 Å². The second-order valence-electron chi connectivity index (χ2n) is 4.93. The standard InChI is InChI=1S/C16H16ClN3O3/c1-20(2)13-6-3-11(4-7-13)16(22)23-10-15(21)19-14-8-5-12(17)9-18-14/h3-9H,10H2,1-2H3,(H,18,19,21). The van der Waals surface area contributed by atoms with Gasteiger partial charge in [-0.25, -0.2) is 9.78 Å². The molecule has 7 heteroatoms. The molecule has 0 bridgehead atoms. The van der Waals surface area contributed by atoms with Crippen LogP contribution in [0.25, 0.3) is 0 Å². The van der Waals surface area contributed by atoms with Crippen LogP contribution in [0.2, 0.25) is 5.02 Å². The summed E-state index contributed by atoms with van der Waals surface area (Å²) in [7, 11) is 3.81. The van der Waals surface area contributed by atoms with Crippen molar-refractivity contribution in [1.82, 2.24) is 4.98 Å². The summed E-state index contributed by atoms with van der Waals surface area (Å²) in [5.41, 5.74) is 1.35. The summed E-state index contributed by atoms with van der Waals surface area (Å²) in [6.45, 7) is -0.390. The van der Waals surface area contributed by atoms with Crippen molar-refractivity contribution in [3.63, 3.8) is 0 Å². The van der Waals surface area contributed by atoms with E-state index in [0.29, 0.717) is 16.4 Å². The Balaban J connectivity index is 1.85. The third kappa shape index (κ3) is 4.96. The molecule has 0 radical (unpaired) electrons. The number of anilines is 2. The molecule has 6 nitrogen and oxygen atoms in total. The number of esters is 1. The van der Waals surface area contributed by atoms with Crippen molar-refractivity contribution in [2.24, 2.45) is 0 Å². The summed E-state index contributed by atoms with van der Waals surface area (Å²) in [5.74, 6) is -0.696. The second-order valence-corrected chi connectivity index (χ2v) is 5.36. The molecule has 0 aliphatic heterocycles. The van der Waals surface area contributed by atoms with Gasteiger partial charge in [0.25, 0.3) is 5.91 Å². The molecule has 2 aromatic rings. The van der Waals surface area contributed by atoms with E-state index >= 15 is 0 Å². The third-order valence-electron chi connectivity index (χ3n) is 2.95. The lowest BCUT2D eigenvalue weighted by Gasteiger charge is -2.12. The quantitative estimate of drug-likeness (QED) is 0.851. The molecule has 0 aliphatic carbocycles. The average Bonchev–Trinajstić information content (AvgIpc) is 2.55. The van der Waals surface area contributed by atoms with Crippen molar-refractivity contribution in [3.05, 3.63) is 53.2 Å². The van der Waals surface area contributed by atoms with E-state index in [0.717, 1.165) is 5.69 Å². The largest absolute Gasteiger partial charge is 0.452 e. The van der Waals surface area contributed by atoms with E-state index in [1.165, 1.54) is 6.20 Å². The van der Waals surface area contributed by atoms with Crippen LogP contribution in [-0.2, 0) is 9.53 Å². The fourth-order valence-corrected chi connectivity index (χ4v) is 1.85. The second kappa shape index (κ2) is 7.60. The molecule has 0 saturated carbocycles. The molecule has 23 heavy (non-hydrogen) atoms. The third-order valence-corrected chi connectivity index (χ3v) is 3.17.